The van der Waals surface area contributed by atoms with Gasteiger partial charge < -0.3 is 20.1 Å². The topological polar surface area (TPSA) is 42.5 Å². The van der Waals surface area contributed by atoms with Gasteiger partial charge >= 0.3 is 0 Å². The van der Waals surface area contributed by atoms with Gasteiger partial charge in [-0.3, -0.25) is 0 Å². The van der Waals surface area contributed by atoms with Crippen LogP contribution in [-0.4, -0.2) is 34.6 Å². The summed E-state index contributed by atoms with van der Waals surface area (Å²) < 4.78 is 10.8. The molecule has 0 saturated heterocycles. The van der Waals surface area contributed by atoms with E-state index in [1.54, 1.807) is 0 Å². The van der Waals surface area contributed by atoms with E-state index in [0.717, 1.165) is 22.9 Å². The summed E-state index contributed by atoms with van der Waals surface area (Å²) in [4.78, 5) is 0. The maximum atomic E-state index is 5.40. The van der Waals surface area contributed by atoms with Crippen LogP contribution in [0, 0.1) is 0 Å². The lowest BCUT2D eigenvalue weighted by atomic mass is 10.3. The standard InChI is InChI=1S/C17H20N2O2S.C3H7.Al.2H/c1-3-20-15-9-5-13(6-10-15)18-17(22)19-14-7-11-16(12-8-14)21-4-2;1-3-2;;;/h5-12H,3-4H2,1-2H3,(H2,18,19,22);1,3H2,2H3;;;. The molecule has 0 aliphatic rings. The Morgan fingerprint density at radius 2 is 1.15 bits per heavy atom. The highest BCUT2D eigenvalue weighted by atomic mass is 32.1. The van der Waals surface area contributed by atoms with Crippen molar-refractivity contribution in [1.82, 2.24) is 0 Å². The third-order valence-electron chi connectivity index (χ3n) is 3.35. The highest BCUT2D eigenvalue weighted by molar-refractivity contribution is 7.80. The van der Waals surface area contributed by atoms with Crippen LogP contribution < -0.4 is 20.1 Å². The lowest BCUT2D eigenvalue weighted by molar-refractivity contribution is 0.340. The first-order valence-corrected chi connectivity index (χ1v) is 11.0. The van der Waals surface area contributed by atoms with E-state index in [4.69, 9.17) is 21.7 Å². The molecular weight excluding hydrogens is 359 g/mol. The lowest BCUT2D eigenvalue weighted by Crippen LogP contribution is -2.18. The maximum absolute atomic E-state index is 5.40. The third-order valence-corrected chi connectivity index (χ3v) is 4.55. The van der Waals surface area contributed by atoms with Crippen molar-refractivity contribution in [3.05, 3.63) is 48.5 Å². The van der Waals surface area contributed by atoms with Crippen molar-refractivity contribution in [2.75, 3.05) is 23.8 Å². The van der Waals surface area contributed by atoms with Crippen molar-refractivity contribution in [2.24, 2.45) is 0 Å². The number of ether oxygens (including phenoxy) is 2. The first-order valence-electron chi connectivity index (χ1n) is 9.16. The molecule has 4 nitrogen and oxygen atoms in total. The summed E-state index contributed by atoms with van der Waals surface area (Å²) in [5.41, 5.74) is 1.82. The van der Waals surface area contributed by atoms with Crippen molar-refractivity contribution in [3.8, 4) is 11.5 Å². The molecule has 0 bridgehead atoms. The highest BCUT2D eigenvalue weighted by Gasteiger charge is 2.00. The molecule has 0 aromatic heterocycles. The predicted molar refractivity (Wildman–Crippen MR) is 119 cm³/mol. The summed E-state index contributed by atoms with van der Waals surface area (Å²) in [6.45, 7) is 7.45. The van der Waals surface area contributed by atoms with E-state index in [9.17, 15) is 0 Å². The molecule has 2 aromatic carbocycles. The number of nitrogens with one attached hydrogen (secondary N) is 2. The first kappa shape index (κ1) is 22.3. The van der Waals surface area contributed by atoms with Gasteiger partial charge in [0, 0.05) is 11.4 Å². The second-order valence-corrected chi connectivity index (χ2v) is 6.90. The molecule has 6 heteroatoms. The maximum Gasteiger partial charge on any atom is 0.211 e. The molecule has 0 spiro atoms. The number of rotatable bonds is 7. The highest BCUT2D eigenvalue weighted by Crippen LogP contribution is 2.18. The van der Waals surface area contributed by atoms with Gasteiger partial charge in [-0.05, 0) is 74.6 Å². The van der Waals surface area contributed by atoms with Crippen LogP contribution in [0.3, 0.4) is 0 Å². The Balaban J connectivity index is 0.000000765. The molecule has 2 aromatic rings. The minimum absolute atomic E-state index is 0.535. The van der Waals surface area contributed by atoms with E-state index in [1.165, 1.54) is 28.0 Å². The van der Waals surface area contributed by atoms with Crippen LogP contribution >= 0.6 is 12.2 Å². The predicted octanol–water partition coefficient (Wildman–Crippen LogP) is 4.74. The number of hydrogen-bond donors (Lipinski definition) is 2. The van der Waals surface area contributed by atoms with Gasteiger partial charge in [-0.15, -0.1) is 5.28 Å². The number of thiocarbonyl (C=S) groups is 1. The average molecular weight is 389 g/mol. The molecule has 2 N–H and O–H groups in total. The smallest absolute Gasteiger partial charge is 0.211 e. The molecule has 26 heavy (non-hydrogen) atoms. The Hall–Kier alpha value is -1.74. The van der Waals surface area contributed by atoms with E-state index in [-0.39, 0.29) is 0 Å². The summed E-state index contributed by atoms with van der Waals surface area (Å²) in [5.74, 6) is 1.69. The molecule has 0 radical (unpaired) electrons. The van der Waals surface area contributed by atoms with Gasteiger partial charge in [0.15, 0.2) is 5.11 Å². The van der Waals surface area contributed by atoms with Gasteiger partial charge in [-0.2, -0.15) is 0 Å². The van der Waals surface area contributed by atoms with Crippen molar-refractivity contribution in [2.45, 2.75) is 32.5 Å². The summed E-state index contributed by atoms with van der Waals surface area (Å²) in [6, 6.07) is 15.3. The summed E-state index contributed by atoms with van der Waals surface area (Å²) in [7, 11) is 0. The molecule has 0 saturated carbocycles. The van der Waals surface area contributed by atoms with Gasteiger partial charge in [-0.1, -0.05) is 13.3 Å². The SMILES string of the molecule is CCOc1ccc(NC(=S)Nc2ccc(OCC)cc2)cc1.CC[CH2][AlH2]. The van der Waals surface area contributed by atoms with E-state index in [1.807, 2.05) is 62.4 Å². The zero-order valence-corrected chi connectivity index (χ0v) is 19.0. The van der Waals surface area contributed by atoms with Gasteiger partial charge in [0.25, 0.3) is 0 Å². The summed E-state index contributed by atoms with van der Waals surface area (Å²) >= 11 is 6.69. The fraction of sp³-hybridized carbons (Fsp3) is 0.350. The van der Waals surface area contributed by atoms with Gasteiger partial charge in [0.2, 0.25) is 16.3 Å². The lowest BCUT2D eigenvalue weighted by Gasteiger charge is -2.12. The van der Waals surface area contributed by atoms with Crippen LogP contribution in [0.1, 0.15) is 27.2 Å². The van der Waals surface area contributed by atoms with Crippen LogP contribution in [0.2, 0.25) is 5.28 Å². The second kappa shape index (κ2) is 13.5. The molecule has 2 rings (SSSR count). The molecule has 0 aliphatic heterocycles. The average Bonchev–Trinajstić information content (AvgIpc) is 2.65. The molecular formula is C20H29AlN2O2S. The fourth-order valence-corrected chi connectivity index (χ4v) is 2.13. The summed E-state index contributed by atoms with van der Waals surface area (Å²) in [6.07, 6.45) is 1.38. The largest absolute Gasteiger partial charge is 0.494 e. The fourth-order valence-electron chi connectivity index (χ4n) is 1.90. The molecule has 0 aliphatic carbocycles. The zero-order valence-electron chi connectivity index (χ0n) is 16.2. The van der Waals surface area contributed by atoms with Crippen molar-refractivity contribution >= 4 is 45.0 Å². The Kier molecular flexibility index (Phi) is 11.6. The number of anilines is 2. The second-order valence-electron chi connectivity index (χ2n) is 5.49. The molecule has 0 unspecified atom stereocenters. The Bertz CT molecular complexity index is 578. The van der Waals surface area contributed by atoms with Crippen molar-refractivity contribution in [1.29, 1.82) is 0 Å². The van der Waals surface area contributed by atoms with Crippen LogP contribution in [0.4, 0.5) is 11.4 Å². The minimum atomic E-state index is 0.535. The van der Waals surface area contributed by atoms with E-state index >= 15 is 0 Å². The third kappa shape index (κ3) is 9.10. The minimum Gasteiger partial charge on any atom is -0.494 e. The van der Waals surface area contributed by atoms with Crippen molar-refractivity contribution in [3.63, 3.8) is 0 Å². The van der Waals surface area contributed by atoms with Gasteiger partial charge in [0.05, 0.1) is 13.2 Å². The van der Waals surface area contributed by atoms with Gasteiger partial charge in [-0.25, -0.2) is 0 Å². The Morgan fingerprint density at radius 1 is 0.808 bits per heavy atom. The molecule has 0 heterocycles. The van der Waals surface area contributed by atoms with Crippen molar-refractivity contribution < 1.29 is 9.47 Å². The van der Waals surface area contributed by atoms with E-state index in [2.05, 4.69) is 17.6 Å². The zero-order chi connectivity index (χ0) is 19.2. The van der Waals surface area contributed by atoms with Crippen LogP contribution in [0.15, 0.2) is 48.5 Å². The van der Waals surface area contributed by atoms with Crippen LogP contribution in [0.5, 0.6) is 11.5 Å². The molecule has 0 fully saturated rings. The quantitative estimate of drug-likeness (QED) is 0.530. The number of hydrogen-bond acceptors (Lipinski definition) is 3. The molecule has 0 amide bonds. The Morgan fingerprint density at radius 3 is 1.42 bits per heavy atom. The summed E-state index contributed by atoms with van der Waals surface area (Å²) in [5, 5.41) is 8.26. The van der Waals surface area contributed by atoms with Crippen LogP contribution in [-0.2, 0) is 0 Å². The van der Waals surface area contributed by atoms with Crippen LogP contribution in [0.25, 0.3) is 0 Å². The Labute approximate surface area is 170 Å². The van der Waals surface area contributed by atoms with Gasteiger partial charge in [0.1, 0.15) is 11.5 Å². The molecule has 0 atom stereocenters. The monoisotopic (exact) mass is 388 g/mol. The van der Waals surface area contributed by atoms with E-state index in [0.29, 0.717) is 18.3 Å². The van der Waals surface area contributed by atoms with E-state index < -0.39 is 0 Å². The normalized spacial score (nSPS) is 9.50. The first-order chi connectivity index (χ1) is 12.6. The number of benzene rings is 2. The molecule has 140 valence electrons.